The number of nitrogens with one attached hydrogen (secondary N) is 1. The van der Waals surface area contributed by atoms with Crippen LogP contribution in [0.15, 0.2) is 30.6 Å². The van der Waals surface area contributed by atoms with Gasteiger partial charge in [0, 0.05) is 12.2 Å². The molecular formula is C15H16N6. The quantitative estimate of drug-likeness (QED) is 0.714. The van der Waals surface area contributed by atoms with Gasteiger partial charge in [-0.1, -0.05) is 25.1 Å². The fourth-order valence-electron chi connectivity index (χ4n) is 3.03. The summed E-state index contributed by atoms with van der Waals surface area (Å²) in [6.07, 6.45) is 2.71. The predicted molar refractivity (Wildman–Crippen MR) is 82.4 cm³/mol. The Balaban J connectivity index is 1.94. The van der Waals surface area contributed by atoms with E-state index in [1.165, 1.54) is 11.3 Å². The first kappa shape index (κ1) is 12.1. The number of fused-ring (bicyclic) bond motifs is 2. The number of nitrogens with two attached hydrogens (primary N) is 1. The molecule has 0 saturated carbocycles. The molecule has 0 bridgehead atoms. The zero-order valence-electron chi connectivity index (χ0n) is 11.7. The Bertz CT molecular complexity index is 809. The molecule has 21 heavy (non-hydrogen) atoms. The Morgan fingerprint density at radius 2 is 2.14 bits per heavy atom. The number of anilines is 3. The molecule has 1 aliphatic rings. The van der Waals surface area contributed by atoms with Gasteiger partial charge in [0.25, 0.3) is 0 Å². The van der Waals surface area contributed by atoms with Gasteiger partial charge < -0.3 is 15.6 Å². The van der Waals surface area contributed by atoms with Crippen molar-refractivity contribution in [3.05, 3.63) is 36.2 Å². The van der Waals surface area contributed by atoms with Gasteiger partial charge >= 0.3 is 0 Å². The second-order valence-corrected chi connectivity index (χ2v) is 5.56. The molecule has 3 heterocycles. The number of H-pyrrole nitrogens is 1. The summed E-state index contributed by atoms with van der Waals surface area (Å²) < 4.78 is 0. The summed E-state index contributed by atoms with van der Waals surface area (Å²) in [5.74, 6) is 1.60. The van der Waals surface area contributed by atoms with E-state index in [9.17, 15) is 0 Å². The lowest BCUT2D eigenvalue weighted by Gasteiger charge is -2.34. The van der Waals surface area contributed by atoms with Crippen LogP contribution in [0.3, 0.4) is 0 Å². The van der Waals surface area contributed by atoms with Crippen LogP contribution in [-0.2, 0) is 6.42 Å². The molecule has 1 atom stereocenters. The zero-order chi connectivity index (χ0) is 14.4. The predicted octanol–water partition coefficient (Wildman–Crippen LogP) is 2.27. The van der Waals surface area contributed by atoms with Crippen molar-refractivity contribution >= 4 is 28.6 Å². The van der Waals surface area contributed by atoms with Crippen molar-refractivity contribution in [3.8, 4) is 0 Å². The van der Waals surface area contributed by atoms with Gasteiger partial charge in [-0.25, -0.2) is 4.98 Å². The fourth-order valence-corrected chi connectivity index (χ4v) is 3.03. The van der Waals surface area contributed by atoms with Crippen molar-refractivity contribution in [1.29, 1.82) is 0 Å². The molecule has 6 heteroatoms. The summed E-state index contributed by atoms with van der Waals surface area (Å²) >= 11 is 0. The highest BCUT2D eigenvalue weighted by Gasteiger charge is 2.25. The third kappa shape index (κ3) is 1.91. The number of hydrogen-bond acceptors (Lipinski definition) is 5. The van der Waals surface area contributed by atoms with E-state index in [0.29, 0.717) is 11.6 Å². The van der Waals surface area contributed by atoms with Gasteiger partial charge in [0.05, 0.1) is 6.33 Å². The average Bonchev–Trinajstić information content (AvgIpc) is 2.93. The third-order valence-corrected chi connectivity index (χ3v) is 3.88. The van der Waals surface area contributed by atoms with Gasteiger partial charge in [0.1, 0.15) is 5.52 Å². The summed E-state index contributed by atoms with van der Waals surface area (Å²) in [5.41, 5.74) is 9.79. The van der Waals surface area contributed by atoms with E-state index < -0.39 is 0 Å². The largest absolute Gasteiger partial charge is 0.368 e. The number of aromatic nitrogens is 4. The van der Waals surface area contributed by atoms with Gasteiger partial charge in [-0.3, -0.25) is 0 Å². The second-order valence-electron chi connectivity index (χ2n) is 5.56. The molecule has 0 radical (unpaired) electrons. The van der Waals surface area contributed by atoms with Crippen LogP contribution in [-0.4, -0.2) is 26.5 Å². The van der Waals surface area contributed by atoms with Gasteiger partial charge in [-0.15, -0.1) is 0 Å². The van der Waals surface area contributed by atoms with E-state index in [4.69, 9.17) is 5.73 Å². The molecule has 0 aliphatic carbocycles. The lowest BCUT2D eigenvalue weighted by Crippen LogP contribution is -2.31. The maximum atomic E-state index is 5.84. The van der Waals surface area contributed by atoms with E-state index in [1.807, 2.05) is 0 Å². The van der Waals surface area contributed by atoms with Crippen LogP contribution in [0, 0.1) is 5.92 Å². The number of nitrogens with zero attached hydrogens (tertiary/aromatic N) is 4. The van der Waals surface area contributed by atoms with Crippen LogP contribution in [0.2, 0.25) is 0 Å². The Labute approximate surface area is 122 Å². The smallest absolute Gasteiger partial charge is 0.224 e. The molecule has 0 saturated heterocycles. The highest BCUT2D eigenvalue weighted by atomic mass is 15.2. The third-order valence-electron chi connectivity index (χ3n) is 3.88. The maximum Gasteiger partial charge on any atom is 0.224 e. The Hall–Kier alpha value is -2.63. The van der Waals surface area contributed by atoms with Crippen LogP contribution in [0.1, 0.15) is 12.5 Å². The standard InChI is InChI=1S/C15H16N6/c1-9-6-10-4-2-3-5-11(10)21(7-9)14-12-13(18-8-17-12)19-15(16)20-14/h2-5,8-9H,6-7H2,1H3,(H3,16,17,18,19,20). The molecule has 106 valence electrons. The number of para-hydroxylation sites is 1. The van der Waals surface area contributed by atoms with Gasteiger partial charge in [-0.05, 0) is 24.0 Å². The molecule has 1 aliphatic heterocycles. The summed E-state index contributed by atoms with van der Waals surface area (Å²) in [6, 6.07) is 8.43. The van der Waals surface area contributed by atoms with Crippen molar-refractivity contribution < 1.29 is 0 Å². The lowest BCUT2D eigenvalue weighted by molar-refractivity contribution is 0.560. The topological polar surface area (TPSA) is 83.7 Å². The number of nitrogen functional groups attached to an aromatic ring is 1. The van der Waals surface area contributed by atoms with E-state index in [0.717, 1.165) is 24.3 Å². The van der Waals surface area contributed by atoms with Crippen LogP contribution in [0.5, 0.6) is 0 Å². The summed E-state index contributed by atoms with van der Waals surface area (Å²) in [4.78, 5) is 18.1. The highest BCUT2D eigenvalue weighted by molar-refractivity contribution is 5.87. The first-order valence-corrected chi connectivity index (χ1v) is 7.04. The molecule has 0 spiro atoms. The minimum atomic E-state index is 0.250. The zero-order valence-corrected chi connectivity index (χ0v) is 11.7. The van der Waals surface area contributed by atoms with Gasteiger partial charge in [0.2, 0.25) is 5.95 Å². The van der Waals surface area contributed by atoms with Crippen LogP contribution >= 0.6 is 0 Å². The molecule has 1 unspecified atom stereocenters. The van der Waals surface area contributed by atoms with Crippen LogP contribution < -0.4 is 10.6 Å². The minimum Gasteiger partial charge on any atom is -0.368 e. The van der Waals surface area contributed by atoms with Crippen molar-refractivity contribution in [2.45, 2.75) is 13.3 Å². The van der Waals surface area contributed by atoms with Crippen LogP contribution in [0.25, 0.3) is 11.2 Å². The van der Waals surface area contributed by atoms with E-state index in [1.54, 1.807) is 6.33 Å². The van der Waals surface area contributed by atoms with Crippen LogP contribution in [0.4, 0.5) is 17.5 Å². The summed E-state index contributed by atoms with van der Waals surface area (Å²) in [6.45, 7) is 3.15. The van der Waals surface area contributed by atoms with Crippen molar-refractivity contribution in [2.24, 2.45) is 5.92 Å². The molecule has 1 aromatic carbocycles. The molecular weight excluding hydrogens is 264 g/mol. The SMILES string of the molecule is CC1Cc2ccccc2N(c2nc(N)nc3nc[nH]c23)C1. The maximum absolute atomic E-state index is 5.84. The monoisotopic (exact) mass is 280 g/mol. The molecule has 4 rings (SSSR count). The number of imidazole rings is 1. The molecule has 6 nitrogen and oxygen atoms in total. The molecule has 0 fully saturated rings. The summed E-state index contributed by atoms with van der Waals surface area (Å²) in [5, 5.41) is 0. The Kier molecular flexibility index (Phi) is 2.57. The lowest BCUT2D eigenvalue weighted by atomic mass is 9.94. The van der Waals surface area contributed by atoms with Crippen molar-refractivity contribution in [3.63, 3.8) is 0 Å². The number of hydrogen-bond donors (Lipinski definition) is 2. The number of benzene rings is 1. The molecule has 2 aromatic heterocycles. The van der Waals surface area contributed by atoms with Gasteiger partial charge in [-0.2, -0.15) is 9.97 Å². The molecule has 3 aromatic rings. The fraction of sp³-hybridized carbons (Fsp3) is 0.267. The summed E-state index contributed by atoms with van der Waals surface area (Å²) in [7, 11) is 0. The molecule has 3 N–H and O–H groups in total. The average molecular weight is 280 g/mol. The highest BCUT2D eigenvalue weighted by Crippen LogP contribution is 2.36. The number of rotatable bonds is 1. The van der Waals surface area contributed by atoms with Crippen molar-refractivity contribution in [1.82, 2.24) is 19.9 Å². The Morgan fingerprint density at radius 1 is 1.29 bits per heavy atom. The second kappa shape index (κ2) is 4.44. The number of aromatic amines is 1. The molecule has 0 amide bonds. The minimum absolute atomic E-state index is 0.250. The first-order valence-electron chi connectivity index (χ1n) is 7.04. The Morgan fingerprint density at radius 3 is 3.05 bits per heavy atom. The normalized spacial score (nSPS) is 18.0. The van der Waals surface area contributed by atoms with Crippen molar-refractivity contribution in [2.75, 3.05) is 17.2 Å². The van der Waals surface area contributed by atoms with E-state index >= 15 is 0 Å². The van der Waals surface area contributed by atoms with E-state index in [2.05, 4.69) is 56.0 Å². The van der Waals surface area contributed by atoms with E-state index in [-0.39, 0.29) is 5.95 Å². The first-order chi connectivity index (χ1) is 10.2. The van der Waals surface area contributed by atoms with Gasteiger partial charge in [0.15, 0.2) is 11.5 Å².